The van der Waals surface area contributed by atoms with Crippen LogP contribution in [0.2, 0.25) is 0 Å². The summed E-state index contributed by atoms with van der Waals surface area (Å²) in [7, 11) is 1.59. The van der Waals surface area contributed by atoms with Gasteiger partial charge in [0.25, 0.3) is 5.91 Å². The Labute approximate surface area is 93.4 Å². The molecule has 0 aromatic carbocycles. The Hall–Kier alpha value is -1.07. The summed E-state index contributed by atoms with van der Waals surface area (Å²) < 4.78 is 5.00. The Morgan fingerprint density at radius 2 is 2.40 bits per heavy atom. The summed E-state index contributed by atoms with van der Waals surface area (Å²) in [4.78, 5) is 12.2. The molecule has 1 aromatic rings. The summed E-state index contributed by atoms with van der Waals surface area (Å²) in [5.41, 5.74) is 5.35. The van der Waals surface area contributed by atoms with E-state index in [1.54, 1.807) is 13.2 Å². The molecular formula is C10H16N2O2S. The predicted molar refractivity (Wildman–Crippen MR) is 61.5 cm³/mol. The Kier molecular flexibility index (Phi) is 5.14. The second-order valence-electron chi connectivity index (χ2n) is 3.10. The molecule has 0 saturated carbocycles. The van der Waals surface area contributed by atoms with Gasteiger partial charge in [0.2, 0.25) is 0 Å². The molecule has 5 heteroatoms. The van der Waals surface area contributed by atoms with Crippen molar-refractivity contribution >= 4 is 17.2 Å². The van der Waals surface area contributed by atoms with E-state index >= 15 is 0 Å². The SMILES string of the molecule is COc1csc(C(=O)NCCCCN)c1. The second-order valence-corrected chi connectivity index (χ2v) is 4.01. The van der Waals surface area contributed by atoms with Gasteiger partial charge in [0.15, 0.2) is 0 Å². The van der Waals surface area contributed by atoms with Gasteiger partial charge in [0, 0.05) is 18.0 Å². The number of amides is 1. The third-order valence-corrected chi connectivity index (χ3v) is 2.86. The monoisotopic (exact) mass is 228 g/mol. The number of methoxy groups -OCH3 is 1. The van der Waals surface area contributed by atoms with Crippen LogP contribution in [0.25, 0.3) is 0 Å². The number of hydrogen-bond donors (Lipinski definition) is 2. The number of carbonyl (C=O) groups excluding carboxylic acids is 1. The van der Waals surface area contributed by atoms with Crippen LogP contribution in [0.3, 0.4) is 0 Å². The minimum Gasteiger partial charge on any atom is -0.496 e. The van der Waals surface area contributed by atoms with E-state index in [1.165, 1.54) is 11.3 Å². The number of carbonyl (C=O) groups is 1. The molecule has 4 nitrogen and oxygen atoms in total. The van der Waals surface area contributed by atoms with Crippen LogP contribution in [-0.4, -0.2) is 26.1 Å². The lowest BCUT2D eigenvalue weighted by molar-refractivity contribution is 0.0957. The van der Waals surface area contributed by atoms with Crippen molar-refractivity contribution in [1.29, 1.82) is 0 Å². The van der Waals surface area contributed by atoms with Crippen molar-refractivity contribution in [1.82, 2.24) is 5.32 Å². The Bertz CT molecular complexity index is 312. The van der Waals surface area contributed by atoms with E-state index in [9.17, 15) is 4.79 Å². The van der Waals surface area contributed by atoms with Gasteiger partial charge < -0.3 is 15.8 Å². The van der Waals surface area contributed by atoms with Crippen molar-refractivity contribution in [2.45, 2.75) is 12.8 Å². The molecule has 1 rings (SSSR count). The molecule has 0 unspecified atom stereocenters. The van der Waals surface area contributed by atoms with Gasteiger partial charge >= 0.3 is 0 Å². The maximum Gasteiger partial charge on any atom is 0.261 e. The fourth-order valence-corrected chi connectivity index (χ4v) is 1.87. The Balaban J connectivity index is 2.33. The molecule has 0 fully saturated rings. The topological polar surface area (TPSA) is 64.3 Å². The van der Waals surface area contributed by atoms with Crippen LogP contribution in [0.15, 0.2) is 11.4 Å². The molecular weight excluding hydrogens is 212 g/mol. The molecule has 0 spiro atoms. The number of hydrogen-bond acceptors (Lipinski definition) is 4. The van der Waals surface area contributed by atoms with Crippen LogP contribution in [0.1, 0.15) is 22.5 Å². The molecule has 1 aromatic heterocycles. The summed E-state index contributed by atoms with van der Waals surface area (Å²) in [6.45, 7) is 1.35. The molecule has 0 saturated heterocycles. The fourth-order valence-electron chi connectivity index (χ4n) is 1.10. The van der Waals surface area contributed by atoms with Crippen molar-refractivity contribution in [2.75, 3.05) is 20.2 Å². The molecule has 0 atom stereocenters. The highest BCUT2D eigenvalue weighted by molar-refractivity contribution is 7.12. The van der Waals surface area contributed by atoms with Crippen LogP contribution in [0.4, 0.5) is 0 Å². The summed E-state index contributed by atoms with van der Waals surface area (Å²) >= 11 is 1.38. The highest BCUT2D eigenvalue weighted by Gasteiger charge is 2.08. The predicted octanol–water partition coefficient (Wildman–Crippen LogP) is 1.23. The quantitative estimate of drug-likeness (QED) is 0.720. The zero-order valence-corrected chi connectivity index (χ0v) is 9.60. The number of nitrogens with one attached hydrogen (secondary N) is 1. The summed E-state index contributed by atoms with van der Waals surface area (Å²) in [6.07, 6.45) is 1.86. The average Bonchev–Trinajstić information content (AvgIpc) is 2.72. The first-order valence-corrected chi connectivity index (χ1v) is 5.76. The van der Waals surface area contributed by atoms with Gasteiger partial charge in [-0.05, 0) is 19.4 Å². The Morgan fingerprint density at radius 1 is 1.60 bits per heavy atom. The fraction of sp³-hybridized carbons (Fsp3) is 0.500. The third kappa shape index (κ3) is 3.89. The van der Waals surface area contributed by atoms with Gasteiger partial charge in [-0.15, -0.1) is 11.3 Å². The van der Waals surface area contributed by atoms with Crippen LogP contribution in [-0.2, 0) is 0 Å². The van der Waals surface area contributed by atoms with Crippen LogP contribution < -0.4 is 15.8 Å². The zero-order chi connectivity index (χ0) is 11.1. The van der Waals surface area contributed by atoms with Gasteiger partial charge in [-0.2, -0.15) is 0 Å². The van der Waals surface area contributed by atoms with E-state index < -0.39 is 0 Å². The number of ether oxygens (including phenoxy) is 1. The maximum absolute atomic E-state index is 11.5. The minimum absolute atomic E-state index is 0.0414. The van der Waals surface area contributed by atoms with Crippen molar-refractivity contribution in [3.05, 3.63) is 16.3 Å². The van der Waals surface area contributed by atoms with Gasteiger partial charge in [-0.25, -0.2) is 0 Å². The van der Waals surface area contributed by atoms with E-state index in [0.717, 1.165) is 18.6 Å². The minimum atomic E-state index is -0.0414. The molecule has 0 bridgehead atoms. The van der Waals surface area contributed by atoms with Crippen LogP contribution in [0, 0.1) is 0 Å². The van der Waals surface area contributed by atoms with E-state index in [2.05, 4.69) is 5.32 Å². The molecule has 84 valence electrons. The number of rotatable bonds is 6. The van der Waals surface area contributed by atoms with E-state index in [1.807, 2.05) is 5.38 Å². The van der Waals surface area contributed by atoms with Gasteiger partial charge in [0.1, 0.15) is 5.75 Å². The van der Waals surface area contributed by atoms with Gasteiger partial charge in [0.05, 0.1) is 12.0 Å². The molecule has 3 N–H and O–H groups in total. The maximum atomic E-state index is 11.5. The van der Waals surface area contributed by atoms with E-state index in [4.69, 9.17) is 10.5 Å². The third-order valence-electron chi connectivity index (χ3n) is 1.95. The van der Waals surface area contributed by atoms with Crippen molar-refractivity contribution in [3.63, 3.8) is 0 Å². The molecule has 1 heterocycles. The number of unbranched alkanes of at least 4 members (excludes halogenated alkanes) is 1. The normalized spacial score (nSPS) is 10.0. The summed E-state index contributed by atoms with van der Waals surface area (Å²) in [5.74, 6) is 0.687. The van der Waals surface area contributed by atoms with Crippen molar-refractivity contribution in [2.24, 2.45) is 5.73 Å². The Morgan fingerprint density at radius 3 is 3.00 bits per heavy atom. The molecule has 0 aliphatic carbocycles. The van der Waals surface area contributed by atoms with Crippen LogP contribution in [0.5, 0.6) is 5.75 Å². The first-order valence-electron chi connectivity index (χ1n) is 4.88. The average molecular weight is 228 g/mol. The molecule has 0 aliphatic rings. The molecule has 0 aliphatic heterocycles. The molecule has 1 amide bonds. The lowest BCUT2D eigenvalue weighted by atomic mass is 10.3. The standard InChI is InChI=1S/C10H16N2O2S/c1-14-8-6-9(15-7-8)10(13)12-5-3-2-4-11/h6-7H,2-5,11H2,1H3,(H,12,13). The highest BCUT2D eigenvalue weighted by Crippen LogP contribution is 2.20. The number of nitrogens with two attached hydrogens (primary N) is 1. The number of thiophene rings is 1. The van der Waals surface area contributed by atoms with Crippen LogP contribution >= 0.6 is 11.3 Å². The highest BCUT2D eigenvalue weighted by atomic mass is 32.1. The molecule has 15 heavy (non-hydrogen) atoms. The summed E-state index contributed by atoms with van der Waals surface area (Å²) in [6, 6.07) is 1.74. The summed E-state index contributed by atoms with van der Waals surface area (Å²) in [5, 5.41) is 4.65. The second kappa shape index (κ2) is 6.42. The van der Waals surface area contributed by atoms with Crippen molar-refractivity contribution < 1.29 is 9.53 Å². The first-order chi connectivity index (χ1) is 7.27. The molecule has 0 radical (unpaired) electrons. The zero-order valence-electron chi connectivity index (χ0n) is 8.79. The smallest absolute Gasteiger partial charge is 0.261 e. The van der Waals surface area contributed by atoms with E-state index in [0.29, 0.717) is 18.0 Å². The lowest BCUT2D eigenvalue weighted by Crippen LogP contribution is -2.23. The first kappa shape index (κ1) is 12.0. The largest absolute Gasteiger partial charge is 0.496 e. The van der Waals surface area contributed by atoms with E-state index in [-0.39, 0.29) is 5.91 Å². The van der Waals surface area contributed by atoms with Crippen molar-refractivity contribution in [3.8, 4) is 5.75 Å². The lowest BCUT2D eigenvalue weighted by Gasteiger charge is -2.01. The van der Waals surface area contributed by atoms with Gasteiger partial charge in [-0.1, -0.05) is 0 Å². The van der Waals surface area contributed by atoms with Gasteiger partial charge in [-0.3, -0.25) is 4.79 Å².